The van der Waals surface area contributed by atoms with Gasteiger partial charge < -0.3 is 4.42 Å². The first-order valence-electron chi connectivity index (χ1n) is 7.02. The van der Waals surface area contributed by atoms with E-state index in [9.17, 15) is 4.39 Å². The summed E-state index contributed by atoms with van der Waals surface area (Å²) in [5.41, 5.74) is 3.58. The molecular formula is C18H11FN2OS. The molecule has 3 nitrogen and oxygen atoms in total. The molecule has 0 aliphatic carbocycles. The van der Waals surface area contributed by atoms with Crippen molar-refractivity contribution in [2.24, 2.45) is 0 Å². The van der Waals surface area contributed by atoms with Crippen molar-refractivity contribution in [3.63, 3.8) is 0 Å². The molecule has 0 unspecified atom stereocenters. The predicted octanol–water partition coefficient (Wildman–Crippen LogP) is 5.27. The maximum atomic E-state index is 13.4. The zero-order chi connectivity index (χ0) is 15.6. The Hall–Kier alpha value is -2.79. The van der Waals surface area contributed by atoms with Crippen molar-refractivity contribution in [1.82, 2.24) is 9.36 Å². The number of rotatable bonds is 3. The number of halogens is 1. The van der Waals surface area contributed by atoms with Gasteiger partial charge in [0, 0.05) is 5.56 Å². The summed E-state index contributed by atoms with van der Waals surface area (Å²) < 4.78 is 22.9. The van der Waals surface area contributed by atoms with E-state index < -0.39 is 0 Å². The molecule has 2 heterocycles. The number of hydrogen-bond acceptors (Lipinski definition) is 4. The molecule has 23 heavy (non-hydrogen) atoms. The normalized spacial score (nSPS) is 10.8. The van der Waals surface area contributed by atoms with Gasteiger partial charge in [-0.1, -0.05) is 30.3 Å². The third-order valence-electron chi connectivity index (χ3n) is 3.47. The van der Waals surface area contributed by atoms with Gasteiger partial charge in [-0.2, -0.15) is 4.37 Å². The van der Waals surface area contributed by atoms with Crippen molar-refractivity contribution < 1.29 is 8.81 Å². The maximum absolute atomic E-state index is 13.4. The van der Waals surface area contributed by atoms with Gasteiger partial charge >= 0.3 is 0 Å². The van der Waals surface area contributed by atoms with Crippen molar-refractivity contribution in [3.8, 4) is 33.1 Å². The topological polar surface area (TPSA) is 38.9 Å². The third-order valence-corrected chi connectivity index (χ3v) is 4.24. The summed E-state index contributed by atoms with van der Waals surface area (Å²) in [4.78, 5) is 4.55. The predicted molar refractivity (Wildman–Crippen MR) is 88.4 cm³/mol. The zero-order valence-electron chi connectivity index (χ0n) is 11.9. The van der Waals surface area contributed by atoms with Crippen LogP contribution in [0.4, 0.5) is 4.39 Å². The lowest BCUT2D eigenvalue weighted by Gasteiger charge is -2.03. The minimum Gasteiger partial charge on any atom is -0.472 e. The summed E-state index contributed by atoms with van der Waals surface area (Å²) in [5.74, 6) is 0.409. The van der Waals surface area contributed by atoms with Crippen LogP contribution in [0.3, 0.4) is 0 Å². The van der Waals surface area contributed by atoms with E-state index in [1.807, 2.05) is 36.4 Å². The first-order valence-corrected chi connectivity index (χ1v) is 7.79. The molecule has 0 aliphatic rings. The molecule has 0 amide bonds. The highest BCUT2D eigenvalue weighted by Gasteiger charge is 2.10. The Labute approximate surface area is 136 Å². The molecule has 0 spiro atoms. The molecule has 2 aromatic heterocycles. The van der Waals surface area contributed by atoms with Crippen LogP contribution in [-0.2, 0) is 0 Å². The maximum Gasteiger partial charge on any atom is 0.173 e. The summed E-state index contributed by atoms with van der Waals surface area (Å²) in [6, 6.07) is 16.2. The lowest BCUT2D eigenvalue weighted by atomic mass is 10.0. The van der Waals surface area contributed by atoms with Crippen molar-refractivity contribution in [2.45, 2.75) is 0 Å². The molecule has 4 aromatic rings. The van der Waals surface area contributed by atoms with Crippen molar-refractivity contribution in [2.75, 3.05) is 0 Å². The highest BCUT2D eigenvalue weighted by Crippen LogP contribution is 2.29. The third kappa shape index (κ3) is 2.78. The Bertz CT molecular complexity index is 947. The molecule has 0 saturated carbocycles. The second kappa shape index (κ2) is 5.78. The van der Waals surface area contributed by atoms with E-state index >= 15 is 0 Å². The first-order chi connectivity index (χ1) is 11.3. The van der Waals surface area contributed by atoms with Crippen LogP contribution in [0, 0.1) is 5.82 Å². The number of nitrogens with zero attached hydrogens (tertiary/aromatic N) is 2. The fourth-order valence-corrected chi connectivity index (χ4v) is 3.02. The van der Waals surface area contributed by atoms with E-state index in [2.05, 4.69) is 9.36 Å². The second-order valence-electron chi connectivity index (χ2n) is 5.03. The van der Waals surface area contributed by atoms with E-state index in [0.29, 0.717) is 5.82 Å². The Morgan fingerprint density at radius 1 is 0.870 bits per heavy atom. The molecule has 0 bridgehead atoms. The van der Waals surface area contributed by atoms with Gasteiger partial charge in [0.25, 0.3) is 0 Å². The molecule has 0 fully saturated rings. The van der Waals surface area contributed by atoms with E-state index in [1.54, 1.807) is 18.6 Å². The second-order valence-corrected chi connectivity index (χ2v) is 5.78. The van der Waals surface area contributed by atoms with E-state index in [1.165, 1.54) is 23.7 Å². The van der Waals surface area contributed by atoms with Gasteiger partial charge in [0.15, 0.2) is 5.82 Å². The van der Waals surface area contributed by atoms with Crippen LogP contribution in [0.5, 0.6) is 0 Å². The molecule has 2 aromatic carbocycles. The van der Waals surface area contributed by atoms with Crippen LogP contribution >= 0.6 is 11.5 Å². The van der Waals surface area contributed by atoms with Gasteiger partial charge in [-0.15, -0.1) is 0 Å². The SMILES string of the molecule is Fc1cccc(-c2cccc(-c3nsc(-c4ccoc4)n3)c2)c1. The van der Waals surface area contributed by atoms with Crippen LogP contribution in [0.2, 0.25) is 0 Å². The van der Waals surface area contributed by atoms with Gasteiger partial charge in [-0.3, -0.25) is 0 Å². The van der Waals surface area contributed by atoms with Crippen molar-refractivity contribution in [3.05, 3.63) is 72.9 Å². The monoisotopic (exact) mass is 322 g/mol. The molecule has 0 aliphatic heterocycles. The van der Waals surface area contributed by atoms with Gasteiger partial charge in [0.05, 0.1) is 11.8 Å². The number of furan rings is 1. The smallest absolute Gasteiger partial charge is 0.173 e. The summed E-state index contributed by atoms with van der Waals surface area (Å²) in [5, 5.41) is 0.810. The Balaban J connectivity index is 1.72. The van der Waals surface area contributed by atoms with Crippen LogP contribution < -0.4 is 0 Å². The molecular weight excluding hydrogens is 311 g/mol. The van der Waals surface area contributed by atoms with Gasteiger partial charge in [0.1, 0.15) is 17.1 Å². The molecule has 0 N–H and O–H groups in total. The van der Waals surface area contributed by atoms with Crippen LogP contribution in [0.25, 0.3) is 33.1 Å². The lowest BCUT2D eigenvalue weighted by Crippen LogP contribution is -1.84. The van der Waals surface area contributed by atoms with Crippen molar-refractivity contribution in [1.29, 1.82) is 0 Å². The van der Waals surface area contributed by atoms with Gasteiger partial charge in [-0.25, -0.2) is 9.37 Å². The van der Waals surface area contributed by atoms with Crippen LogP contribution in [0.15, 0.2) is 71.5 Å². The first kappa shape index (κ1) is 13.8. The van der Waals surface area contributed by atoms with E-state index in [4.69, 9.17) is 4.42 Å². The molecule has 4 rings (SSSR count). The molecule has 0 atom stereocenters. The minimum atomic E-state index is -0.248. The van der Waals surface area contributed by atoms with E-state index in [-0.39, 0.29) is 5.82 Å². The number of hydrogen-bond donors (Lipinski definition) is 0. The van der Waals surface area contributed by atoms with Crippen LogP contribution in [0.1, 0.15) is 0 Å². The Morgan fingerprint density at radius 2 is 1.65 bits per heavy atom. The molecule has 112 valence electrons. The largest absolute Gasteiger partial charge is 0.472 e. The van der Waals surface area contributed by atoms with E-state index in [0.717, 1.165) is 27.3 Å². The summed E-state index contributed by atoms with van der Waals surface area (Å²) in [7, 11) is 0. The highest BCUT2D eigenvalue weighted by molar-refractivity contribution is 7.09. The Kier molecular flexibility index (Phi) is 3.48. The molecule has 0 saturated heterocycles. The summed E-state index contributed by atoms with van der Waals surface area (Å²) in [6.07, 6.45) is 3.26. The molecule has 5 heteroatoms. The standard InChI is InChI=1S/C18H11FN2OS/c19-16-6-2-4-13(10-16)12-3-1-5-14(9-12)17-20-18(23-21-17)15-7-8-22-11-15/h1-11H. The van der Waals surface area contributed by atoms with Crippen LogP contribution in [-0.4, -0.2) is 9.36 Å². The van der Waals surface area contributed by atoms with Gasteiger partial charge in [0.2, 0.25) is 0 Å². The molecule has 0 radical (unpaired) electrons. The summed E-state index contributed by atoms with van der Waals surface area (Å²) in [6.45, 7) is 0. The number of aromatic nitrogens is 2. The number of benzene rings is 2. The zero-order valence-corrected chi connectivity index (χ0v) is 12.8. The average molecular weight is 322 g/mol. The Morgan fingerprint density at radius 3 is 2.43 bits per heavy atom. The quantitative estimate of drug-likeness (QED) is 0.515. The summed E-state index contributed by atoms with van der Waals surface area (Å²) >= 11 is 1.33. The fraction of sp³-hybridized carbons (Fsp3) is 0. The fourth-order valence-electron chi connectivity index (χ4n) is 2.35. The average Bonchev–Trinajstić information content (AvgIpc) is 3.26. The highest BCUT2D eigenvalue weighted by atomic mass is 32.1. The van der Waals surface area contributed by atoms with Crippen molar-refractivity contribution >= 4 is 11.5 Å². The lowest BCUT2D eigenvalue weighted by molar-refractivity contribution is 0.568. The minimum absolute atomic E-state index is 0.248. The van der Waals surface area contributed by atoms with Gasteiger partial charge in [-0.05, 0) is 46.9 Å².